The molecule has 0 heterocycles. The number of hydrogen-bond donors (Lipinski definition) is 3. The highest BCUT2D eigenvalue weighted by Crippen LogP contribution is 2.45. The summed E-state index contributed by atoms with van der Waals surface area (Å²) in [6, 6.07) is 0. The molecule has 17 nitrogen and oxygen atoms in total. The summed E-state index contributed by atoms with van der Waals surface area (Å²) in [7, 11) is -9.92. The first-order chi connectivity index (χ1) is 50.4. The molecule has 0 saturated heterocycles. The fourth-order valence-corrected chi connectivity index (χ4v) is 14.8. The van der Waals surface area contributed by atoms with E-state index in [9.17, 15) is 43.2 Å². The average molecular weight is 1520 g/mol. The van der Waals surface area contributed by atoms with Crippen LogP contribution in [0.5, 0.6) is 0 Å². The second-order valence-corrected chi connectivity index (χ2v) is 34.4. The number of unbranched alkanes of at least 4 members (excludes halogenated alkanes) is 54. The van der Waals surface area contributed by atoms with Crippen LogP contribution in [0.1, 0.15) is 452 Å². The number of hydrogen-bond acceptors (Lipinski definition) is 15. The van der Waals surface area contributed by atoms with Gasteiger partial charge in [-0.25, -0.2) is 9.13 Å². The minimum Gasteiger partial charge on any atom is -0.462 e. The lowest BCUT2D eigenvalue weighted by atomic mass is 10.0. The molecule has 0 aromatic carbocycles. The highest BCUT2D eigenvalue weighted by Gasteiger charge is 2.30. The molecule has 5 atom stereocenters. The van der Waals surface area contributed by atoms with E-state index in [1.165, 1.54) is 263 Å². The maximum Gasteiger partial charge on any atom is 0.472 e. The van der Waals surface area contributed by atoms with Crippen LogP contribution in [0.4, 0.5) is 0 Å². The van der Waals surface area contributed by atoms with E-state index in [1.54, 1.807) is 0 Å². The van der Waals surface area contributed by atoms with Crippen molar-refractivity contribution in [2.45, 2.75) is 471 Å². The average Bonchev–Trinajstić information content (AvgIpc) is 0.912. The molecule has 19 heteroatoms. The molecule has 0 rings (SSSR count). The van der Waals surface area contributed by atoms with Crippen molar-refractivity contribution in [1.82, 2.24) is 0 Å². The highest BCUT2D eigenvalue weighted by molar-refractivity contribution is 7.47. The number of rotatable bonds is 84. The molecular weight excluding hydrogens is 1350 g/mol. The summed E-state index contributed by atoms with van der Waals surface area (Å²) < 4.78 is 68.8. The van der Waals surface area contributed by atoms with Crippen molar-refractivity contribution in [2.24, 2.45) is 11.8 Å². The van der Waals surface area contributed by atoms with E-state index in [0.29, 0.717) is 25.7 Å². The largest absolute Gasteiger partial charge is 0.472 e. The summed E-state index contributed by atoms with van der Waals surface area (Å²) in [5, 5.41) is 10.7. The van der Waals surface area contributed by atoms with E-state index in [1.807, 2.05) is 0 Å². The Labute approximate surface area is 638 Å². The van der Waals surface area contributed by atoms with Gasteiger partial charge < -0.3 is 33.8 Å². The minimum atomic E-state index is -4.96. The van der Waals surface area contributed by atoms with Gasteiger partial charge >= 0.3 is 39.5 Å². The van der Waals surface area contributed by atoms with Crippen molar-refractivity contribution in [3.8, 4) is 0 Å². The van der Waals surface area contributed by atoms with Crippen LogP contribution >= 0.6 is 15.6 Å². The zero-order valence-electron chi connectivity index (χ0n) is 68.3. The van der Waals surface area contributed by atoms with Gasteiger partial charge in [0.1, 0.15) is 19.3 Å². The third-order valence-electron chi connectivity index (χ3n) is 20.0. The topological polar surface area (TPSA) is 237 Å². The van der Waals surface area contributed by atoms with Gasteiger partial charge in [-0.05, 0) is 37.5 Å². The van der Waals surface area contributed by atoms with Crippen molar-refractivity contribution in [3.05, 3.63) is 0 Å². The van der Waals surface area contributed by atoms with Crippen LogP contribution in [0.2, 0.25) is 0 Å². The van der Waals surface area contributed by atoms with Crippen LogP contribution in [0.25, 0.3) is 0 Å². The molecule has 0 bridgehead atoms. The molecule has 0 saturated carbocycles. The first-order valence-corrected chi connectivity index (χ1v) is 47.0. The Morgan fingerprint density at radius 1 is 0.260 bits per heavy atom. The maximum atomic E-state index is 13.1. The molecular formula is C85H166O17P2. The SMILES string of the molecule is CCCCCCCCCCCCCCCCCCCCCCCCC(=O)O[C@H](COC(=O)CCCCCCCCCCCCCCCCC(C)C)COP(=O)(O)OC[C@@H](O)COP(=O)(O)OC[C@@H](COC(=O)CCCCCCCCCC)OC(=O)CCCCCCCCCCCCCCCCC(C)C. The summed E-state index contributed by atoms with van der Waals surface area (Å²) in [6.45, 7) is 9.68. The number of aliphatic hydroxyl groups excluding tert-OH is 1. The van der Waals surface area contributed by atoms with Crippen LogP contribution < -0.4 is 0 Å². The van der Waals surface area contributed by atoms with Crippen LogP contribution in [0.3, 0.4) is 0 Å². The lowest BCUT2D eigenvalue weighted by molar-refractivity contribution is -0.161. The molecule has 0 amide bonds. The van der Waals surface area contributed by atoms with Gasteiger partial charge in [-0.1, -0.05) is 401 Å². The van der Waals surface area contributed by atoms with Gasteiger partial charge in [0.25, 0.3) is 0 Å². The second kappa shape index (κ2) is 76.4. The molecule has 3 N–H and O–H groups in total. The fourth-order valence-electron chi connectivity index (χ4n) is 13.2. The number of esters is 4. The Bertz CT molecular complexity index is 1990. The molecule has 0 aromatic rings. The first-order valence-electron chi connectivity index (χ1n) is 44.0. The molecule has 618 valence electrons. The van der Waals surface area contributed by atoms with Gasteiger partial charge in [0.05, 0.1) is 26.4 Å². The minimum absolute atomic E-state index is 0.108. The van der Waals surface area contributed by atoms with Gasteiger partial charge in [-0.3, -0.25) is 37.3 Å². The van der Waals surface area contributed by atoms with Crippen molar-refractivity contribution in [3.63, 3.8) is 0 Å². The summed E-state index contributed by atoms with van der Waals surface area (Å²) in [4.78, 5) is 73.1. The maximum absolute atomic E-state index is 13.1. The molecule has 104 heavy (non-hydrogen) atoms. The van der Waals surface area contributed by atoms with Crippen molar-refractivity contribution in [1.29, 1.82) is 0 Å². The standard InChI is InChI=1S/C85H166O17P2/c1-7-9-11-13-15-17-18-19-20-21-22-23-24-25-26-27-35-40-45-51-57-63-69-85(90)102-81(74-96-83(88)68-62-56-50-44-39-34-30-28-32-37-42-47-53-59-65-77(3)4)76-100-104(93,94)98-72-79(86)71-97-103(91,92)99-75-80(73-95-82(87)67-61-55-49-16-14-12-10-8-2)101-84(89)70-64-58-52-46-41-36-31-29-33-38-43-48-54-60-66-78(5)6/h77-81,86H,7-76H2,1-6H3,(H,91,92)(H,93,94)/t79-,80+,81+/m0/s1. The van der Waals surface area contributed by atoms with Crippen molar-refractivity contribution < 1.29 is 80.2 Å². The normalized spacial score (nSPS) is 13.8. The molecule has 0 aliphatic rings. The zero-order chi connectivity index (χ0) is 76.4. The van der Waals surface area contributed by atoms with Crippen LogP contribution in [-0.2, 0) is 65.4 Å². The van der Waals surface area contributed by atoms with Crippen molar-refractivity contribution >= 4 is 39.5 Å². The monoisotopic (exact) mass is 1520 g/mol. The van der Waals surface area contributed by atoms with E-state index >= 15 is 0 Å². The fraction of sp³-hybridized carbons (Fsp3) is 0.953. The third kappa shape index (κ3) is 78.2. The van der Waals surface area contributed by atoms with Crippen molar-refractivity contribution in [2.75, 3.05) is 39.6 Å². The quantitative estimate of drug-likeness (QED) is 0.0222. The van der Waals surface area contributed by atoms with E-state index in [-0.39, 0.29) is 25.7 Å². The predicted molar refractivity (Wildman–Crippen MR) is 428 cm³/mol. The van der Waals surface area contributed by atoms with Gasteiger partial charge in [0.2, 0.25) is 0 Å². The Morgan fingerprint density at radius 3 is 0.654 bits per heavy atom. The predicted octanol–water partition coefficient (Wildman–Crippen LogP) is 25.8. The highest BCUT2D eigenvalue weighted by atomic mass is 31.2. The summed E-state index contributed by atoms with van der Waals surface area (Å²) in [6.07, 6.45) is 68.2. The second-order valence-electron chi connectivity index (χ2n) is 31.5. The van der Waals surface area contributed by atoms with E-state index in [4.69, 9.17) is 37.0 Å². The van der Waals surface area contributed by atoms with E-state index < -0.39 is 97.5 Å². The Balaban J connectivity index is 5.18. The van der Waals surface area contributed by atoms with Gasteiger partial charge in [0, 0.05) is 25.7 Å². The lowest BCUT2D eigenvalue weighted by Crippen LogP contribution is -2.30. The molecule has 0 aliphatic carbocycles. The van der Waals surface area contributed by atoms with Gasteiger partial charge in [-0.15, -0.1) is 0 Å². The number of carbonyl (C=O) groups is 4. The summed E-state index contributed by atoms with van der Waals surface area (Å²) in [5.41, 5.74) is 0. The number of aliphatic hydroxyl groups is 1. The van der Waals surface area contributed by atoms with E-state index in [2.05, 4.69) is 41.5 Å². The molecule has 0 aliphatic heterocycles. The van der Waals surface area contributed by atoms with Gasteiger partial charge in [0.15, 0.2) is 12.2 Å². The molecule has 2 unspecified atom stereocenters. The molecule has 0 radical (unpaired) electrons. The number of phosphoric ester groups is 2. The third-order valence-corrected chi connectivity index (χ3v) is 21.9. The summed E-state index contributed by atoms with van der Waals surface area (Å²) in [5.74, 6) is -0.512. The number of ether oxygens (including phenoxy) is 4. The van der Waals surface area contributed by atoms with Crippen LogP contribution in [0, 0.1) is 11.8 Å². The lowest BCUT2D eigenvalue weighted by Gasteiger charge is -2.21. The molecule has 0 spiro atoms. The number of carbonyl (C=O) groups excluding carboxylic acids is 4. The smallest absolute Gasteiger partial charge is 0.462 e. The first kappa shape index (κ1) is 102. The number of phosphoric acid groups is 2. The van der Waals surface area contributed by atoms with E-state index in [0.717, 1.165) is 108 Å². The Morgan fingerprint density at radius 2 is 0.442 bits per heavy atom. The van der Waals surface area contributed by atoms with Crippen LogP contribution in [-0.4, -0.2) is 96.7 Å². The van der Waals surface area contributed by atoms with Crippen LogP contribution in [0.15, 0.2) is 0 Å². The Hall–Kier alpha value is -1.94. The van der Waals surface area contributed by atoms with Gasteiger partial charge in [-0.2, -0.15) is 0 Å². The molecule has 0 fully saturated rings. The summed E-state index contributed by atoms with van der Waals surface area (Å²) >= 11 is 0. The Kier molecular flexibility index (Phi) is 75.0. The molecule has 0 aromatic heterocycles. The zero-order valence-corrected chi connectivity index (χ0v) is 70.1.